The van der Waals surface area contributed by atoms with E-state index in [9.17, 15) is 4.39 Å². The van der Waals surface area contributed by atoms with Gasteiger partial charge in [0.05, 0.1) is 18.8 Å². The maximum Gasteiger partial charge on any atom is 0.148 e. The molecule has 116 valence electrons. The van der Waals surface area contributed by atoms with Crippen molar-refractivity contribution < 1.29 is 9.13 Å². The first-order valence-corrected chi connectivity index (χ1v) is 7.35. The molecule has 5 heteroatoms. The average molecular weight is 301 g/mol. The lowest BCUT2D eigenvalue weighted by molar-refractivity contribution is 0.414. The van der Waals surface area contributed by atoms with Gasteiger partial charge in [-0.05, 0) is 35.9 Å². The molecule has 2 aromatic carbocycles. The second kappa shape index (κ2) is 6.23. The zero-order valence-electron chi connectivity index (χ0n) is 12.6. The number of nitrogens with two attached hydrogens (primary N) is 1. The van der Waals surface area contributed by atoms with Gasteiger partial charge in [0.2, 0.25) is 0 Å². The second-order valence-electron chi connectivity index (χ2n) is 5.40. The van der Waals surface area contributed by atoms with Gasteiger partial charge in [0, 0.05) is 25.3 Å². The predicted molar refractivity (Wildman–Crippen MR) is 86.8 cm³/mol. The Balaban J connectivity index is 1.93. The van der Waals surface area contributed by atoms with Crippen LogP contribution in [0.1, 0.15) is 11.6 Å². The molecule has 1 atom stereocenters. The number of nitrogen functional groups attached to an aromatic ring is 1. The molecule has 1 aliphatic heterocycles. The van der Waals surface area contributed by atoms with Crippen molar-refractivity contribution in [3.8, 4) is 5.75 Å². The van der Waals surface area contributed by atoms with Crippen molar-refractivity contribution in [1.82, 2.24) is 5.32 Å². The molecular weight excluding hydrogens is 281 g/mol. The zero-order chi connectivity index (χ0) is 15.5. The molecule has 0 amide bonds. The third-order valence-corrected chi connectivity index (χ3v) is 4.03. The lowest BCUT2D eigenvalue weighted by atomic mass is 10.0. The van der Waals surface area contributed by atoms with Crippen molar-refractivity contribution >= 4 is 11.4 Å². The first-order chi connectivity index (χ1) is 10.7. The summed E-state index contributed by atoms with van der Waals surface area (Å²) in [6.07, 6.45) is 0. The Hall–Kier alpha value is -2.27. The fourth-order valence-corrected chi connectivity index (χ4v) is 2.87. The van der Waals surface area contributed by atoms with Gasteiger partial charge in [0.15, 0.2) is 0 Å². The van der Waals surface area contributed by atoms with Gasteiger partial charge < -0.3 is 20.7 Å². The first-order valence-electron chi connectivity index (χ1n) is 7.35. The van der Waals surface area contributed by atoms with Crippen molar-refractivity contribution in [2.45, 2.75) is 6.04 Å². The summed E-state index contributed by atoms with van der Waals surface area (Å²) in [5.41, 5.74) is 7.81. The quantitative estimate of drug-likeness (QED) is 0.856. The molecule has 4 nitrogen and oxygen atoms in total. The molecule has 1 fully saturated rings. The highest BCUT2D eigenvalue weighted by molar-refractivity contribution is 5.56. The number of nitrogens with zero attached hydrogens (tertiary/aromatic N) is 1. The number of benzene rings is 2. The van der Waals surface area contributed by atoms with Crippen molar-refractivity contribution in [2.75, 3.05) is 37.4 Å². The lowest BCUT2D eigenvalue weighted by Crippen LogP contribution is -2.46. The van der Waals surface area contributed by atoms with Gasteiger partial charge in [-0.15, -0.1) is 0 Å². The Kier molecular flexibility index (Phi) is 4.15. The monoisotopic (exact) mass is 301 g/mol. The molecule has 3 rings (SSSR count). The number of hydrogen-bond donors (Lipinski definition) is 2. The van der Waals surface area contributed by atoms with Crippen LogP contribution in [0.15, 0.2) is 42.5 Å². The normalized spacial score (nSPS) is 18.3. The SMILES string of the molecule is COc1ccc(C2CNCCN2c2ccc(N)cc2F)cc1. The van der Waals surface area contributed by atoms with Crippen LogP contribution >= 0.6 is 0 Å². The lowest BCUT2D eigenvalue weighted by Gasteiger charge is -2.38. The fourth-order valence-electron chi connectivity index (χ4n) is 2.87. The van der Waals surface area contributed by atoms with Gasteiger partial charge in [-0.25, -0.2) is 4.39 Å². The van der Waals surface area contributed by atoms with E-state index in [2.05, 4.69) is 10.2 Å². The van der Waals surface area contributed by atoms with E-state index in [1.165, 1.54) is 6.07 Å². The van der Waals surface area contributed by atoms with E-state index in [0.29, 0.717) is 11.4 Å². The molecule has 0 aromatic heterocycles. The largest absolute Gasteiger partial charge is 0.497 e. The molecule has 0 saturated carbocycles. The van der Waals surface area contributed by atoms with Crippen molar-refractivity contribution in [1.29, 1.82) is 0 Å². The van der Waals surface area contributed by atoms with Crippen LogP contribution in [-0.4, -0.2) is 26.7 Å². The smallest absolute Gasteiger partial charge is 0.148 e. The molecule has 22 heavy (non-hydrogen) atoms. The molecule has 0 aliphatic carbocycles. The van der Waals surface area contributed by atoms with Crippen LogP contribution in [0.2, 0.25) is 0 Å². The minimum Gasteiger partial charge on any atom is -0.497 e. The summed E-state index contributed by atoms with van der Waals surface area (Å²) in [6.45, 7) is 2.35. The topological polar surface area (TPSA) is 50.5 Å². The van der Waals surface area contributed by atoms with E-state index in [1.54, 1.807) is 19.2 Å². The van der Waals surface area contributed by atoms with Crippen molar-refractivity contribution in [3.63, 3.8) is 0 Å². The Morgan fingerprint density at radius 3 is 2.68 bits per heavy atom. The second-order valence-corrected chi connectivity index (χ2v) is 5.40. The van der Waals surface area contributed by atoms with Crippen molar-refractivity contribution in [2.24, 2.45) is 0 Å². The van der Waals surface area contributed by atoms with Crippen LogP contribution in [0, 0.1) is 5.82 Å². The summed E-state index contributed by atoms with van der Waals surface area (Å²) in [4.78, 5) is 2.09. The van der Waals surface area contributed by atoms with Gasteiger partial charge >= 0.3 is 0 Å². The molecule has 1 saturated heterocycles. The molecule has 1 heterocycles. The minimum absolute atomic E-state index is 0.0813. The van der Waals surface area contributed by atoms with Crippen LogP contribution in [-0.2, 0) is 0 Å². The van der Waals surface area contributed by atoms with E-state index in [-0.39, 0.29) is 11.9 Å². The Bertz CT molecular complexity index is 645. The average Bonchev–Trinajstić information content (AvgIpc) is 2.55. The van der Waals surface area contributed by atoms with Crippen LogP contribution in [0.3, 0.4) is 0 Å². The number of nitrogens with one attached hydrogen (secondary N) is 1. The number of methoxy groups -OCH3 is 1. The summed E-state index contributed by atoms with van der Waals surface area (Å²) in [6, 6.07) is 12.9. The van der Waals surface area contributed by atoms with Gasteiger partial charge in [-0.1, -0.05) is 12.1 Å². The van der Waals surface area contributed by atoms with Gasteiger partial charge in [0.25, 0.3) is 0 Å². The maximum atomic E-state index is 14.3. The van der Waals surface area contributed by atoms with E-state index in [4.69, 9.17) is 10.5 Å². The van der Waals surface area contributed by atoms with Gasteiger partial charge in [0.1, 0.15) is 11.6 Å². The number of hydrogen-bond acceptors (Lipinski definition) is 4. The molecule has 0 bridgehead atoms. The molecule has 1 aliphatic rings. The van der Waals surface area contributed by atoms with Crippen LogP contribution in [0.25, 0.3) is 0 Å². The minimum atomic E-state index is -0.277. The van der Waals surface area contributed by atoms with Gasteiger partial charge in [-0.3, -0.25) is 0 Å². The zero-order valence-corrected chi connectivity index (χ0v) is 12.6. The number of rotatable bonds is 3. The Morgan fingerprint density at radius 2 is 2.00 bits per heavy atom. The van der Waals surface area contributed by atoms with E-state index < -0.39 is 0 Å². The highest BCUT2D eigenvalue weighted by Crippen LogP contribution is 2.31. The molecule has 3 N–H and O–H groups in total. The summed E-state index contributed by atoms with van der Waals surface area (Å²) < 4.78 is 19.5. The summed E-state index contributed by atoms with van der Waals surface area (Å²) in [5, 5.41) is 3.37. The van der Waals surface area contributed by atoms with Gasteiger partial charge in [-0.2, -0.15) is 0 Å². The molecular formula is C17H20FN3O. The standard InChI is InChI=1S/C17H20FN3O/c1-22-14-5-2-12(3-6-14)17-11-20-8-9-21(17)16-7-4-13(19)10-15(16)18/h2-7,10,17,20H,8-9,11,19H2,1H3. The summed E-state index contributed by atoms with van der Waals surface area (Å²) >= 11 is 0. The van der Waals surface area contributed by atoms with Crippen LogP contribution in [0.5, 0.6) is 5.75 Å². The molecule has 0 radical (unpaired) electrons. The van der Waals surface area contributed by atoms with Crippen LogP contribution in [0.4, 0.5) is 15.8 Å². The molecule has 2 aromatic rings. The maximum absolute atomic E-state index is 14.3. The van der Waals surface area contributed by atoms with E-state index >= 15 is 0 Å². The number of anilines is 2. The third-order valence-electron chi connectivity index (χ3n) is 4.03. The fraction of sp³-hybridized carbons (Fsp3) is 0.294. The first kappa shape index (κ1) is 14.7. The number of piperazine rings is 1. The summed E-state index contributed by atoms with van der Waals surface area (Å²) in [5.74, 6) is 0.540. The van der Waals surface area contributed by atoms with Crippen molar-refractivity contribution in [3.05, 3.63) is 53.8 Å². The predicted octanol–water partition coefficient (Wildman–Crippen LogP) is 2.57. The molecule has 1 unspecified atom stereocenters. The Labute approximate surface area is 129 Å². The summed E-state index contributed by atoms with van der Waals surface area (Å²) in [7, 11) is 1.65. The third kappa shape index (κ3) is 2.85. The Morgan fingerprint density at radius 1 is 1.23 bits per heavy atom. The number of halogens is 1. The van der Waals surface area contributed by atoms with E-state index in [0.717, 1.165) is 30.9 Å². The van der Waals surface area contributed by atoms with Crippen LogP contribution < -0.4 is 20.7 Å². The highest BCUT2D eigenvalue weighted by atomic mass is 19.1. The van der Waals surface area contributed by atoms with E-state index in [1.807, 2.05) is 24.3 Å². The molecule has 0 spiro atoms. The highest BCUT2D eigenvalue weighted by Gasteiger charge is 2.26. The number of ether oxygens (including phenoxy) is 1.